The minimum atomic E-state index is -0.217. The standard InChI is InChI=1S/C13H19FN2O/c1-10-8-11(5-6-12(10)14)9-16(2)13(17)4-3-7-15/h5-6,8H,3-4,7,9,15H2,1-2H3. The highest BCUT2D eigenvalue weighted by Gasteiger charge is 2.09. The topological polar surface area (TPSA) is 46.3 Å². The molecular formula is C13H19FN2O. The van der Waals surface area contributed by atoms with Gasteiger partial charge in [0.15, 0.2) is 0 Å². The Bertz CT molecular complexity index is 393. The van der Waals surface area contributed by atoms with E-state index in [0.717, 1.165) is 5.56 Å². The van der Waals surface area contributed by atoms with Crippen LogP contribution in [0.4, 0.5) is 4.39 Å². The molecule has 0 aromatic heterocycles. The third-order valence-corrected chi connectivity index (χ3v) is 2.66. The maximum absolute atomic E-state index is 13.1. The van der Waals surface area contributed by atoms with Gasteiger partial charge in [0.2, 0.25) is 5.91 Å². The average molecular weight is 238 g/mol. The number of carbonyl (C=O) groups is 1. The van der Waals surface area contributed by atoms with Gasteiger partial charge in [-0.05, 0) is 37.1 Å². The number of hydrogen-bond donors (Lipinski definition) is 1. The molecule has 0 bridgehead atoms. The number of nitrogens with two attached hydrogens (primary N) is 1. The summed E-state index contributed by atoms with van der Waals surface area (Å²) in [5.41, 5.74) is 6.89. The Morgan fingerprint density at radius 3 is 2.76 bits per heavy atom. The Kier molecular flexibility index (Phi) is 5.10. The molecule has 1 rings (SSSR count). The van der Waals surface area contributed by atoms with Crippen LogP contribution in [0.3, 0.4) is 0 Å². The number of benzene rings is 1. The number of rotatable bonds is 5. The van der Waals surface area contributed by atoms with Crippen molar-refractivity contribution in [3.8, 4) is 0 Å². The van der Waals surface area contributed by atoms with Crippen molar-refractivity contribution in [1.82, 2.24) is 4.90 Å². The summed E-state index contributed by atoms with van der Waals surface area (Å²) in [7, 11) is 1.75. The van der Waals surface area contributed by atoms with Gasteiger partial charge >= 0.3 is 0 Å². The van der Waals surface area contributed by atoms with Crippen LogP contribution < -0.4 is 5.73 Å². The van der Waals surface area contributed by atoms with Crippen LogP contribution in [0.1, 0.15) is 24.0 Å². The van der Waals surface area contributed by atoms with Crippen LogP contribution in [0.5, 0.6) is 0 Å². The lowest BCUT2D eigenvalue weighted by molar-refractivity contribution is -0.130. The average Bonchev–Trinajstić information content (AvgIpc) is 2.30. The molecule has 0 aliphatic rings. The highest BCUT2D eigenvalue weighted by molar-refractivity contribution is 5.75. The van der Waals surface area contributed by atoms with Crippen molar-refractivity contribution in [3.63, 3.8) is 0 Å². The molecule has 94 valence electrons. The second-order valence-electron chi connectivity index (χ2n) is 4.23. The third kappa shape index (κ3) is 4.15. The second-order valence-corrected chi connectivity index (χ2v) is 4.23. The lowest BCUT2D eigenvalue weighted by atomic mass is 10.1. The highest BCUT2D eigenvalue weighted by Crippen LogP contribution is 2.11. The fraction of sp³-hybridized carbons (Fsp3) is 0.462. The number of aryl methyl sites for hydroxylation is 1. The first kappa shape index (κ1) is 13.6. The van der Waals surface area contributed by atoms with E-state index in [1.165, 1.54) is 6.07 Å². The summed E-state index contributed by atoms with van der Waals surface area (Å²) in [6, 6.07) is 4.90. The van der Waals surface area contributed by atoms with Crippen molar-refractivity contribution in [1.29, 1.82) is 0 Å². The fourth-order valence-electron chi connectivity index (χ4n) is 1.61. The molecule has 1 aromatic rings. The molecule has 17 heavy (non-hydrogen) atoms. The maximum Gasteiger partial charge on any atom is 0.222 e. The van der Waals surface area contributed by atoms with Gasteiger partial charge in [-0.1, -0.05) is 12.1 Å². The summed E-state index contributed by atoms with van der Waals surface area (Å²) < 4.78 is 13.1. The van der Waals surface area contributed by atoms with Gasteiger partial charge in [-0.15, -0.1) is 0 Å². The monoisotopic (exact) mass is 238 g/mol. The molecule has 0 saturated carbocycles. The summed E-state index contributed by atoms with van der Waals surface area (Å²) in [5.74, 6) is -0.150. The van der Waals surface area contributed by atoms with Gasteiger partial charge in [0, 0.05) is 20.0 Å². The molecule has 0 aliphatic heterocycles. The van der Waals surface area contributed by atoms with Crippen LogP contribution in [0.25, 0.3) is 0 Å². The number of halogens is 1. The Morgan fingerprint density at radius 1 is 1.47 bits per heavy atom. The van der Waals surface area contributed by atoms with E-state index in [1.54, 1.807) is 31.0 Å². The van der Waals surface area contributed by atoms with Crippen molar-refractivity contribution >= 4 is 5.91 Å². The SMILES string of the molecule is Cc1cc(CN(C)C(=O)CCCN)ccc1F. The van der Waals surface area contributed by atoms with Crippen LogP contribution in [0.15, 0.2) is 18.2 Å². The molecule has 0 spiro atoms. The normalized spacial score (nSPS) is 10.4. The number of carbonyl (C=O) groups excluding carboxylic acids is 1. The van der Waals surface area contributed by atoms with Crippen LogP contribution in [0.2, 0.25) is 0 Å². The quantitative estimate of drug-likeness (QED) is 0.850. The maximum atomic E-state index is 13.1. The Hall–Kier alpha value is -1.42. The summed E-state index contributed by atoms with van der Waals surface area (Å²) in [4.78, 5) is 13.3. The number of amides is 1. The van der Waals surface area contributed by atoms with E-state index in [1.807, 2.05) is 0 Å². The van der Waals surface area contributed by atoms with Crippen LogP contribution in [-0.2, 0) is 11.3 Å². The van der Waals surface area contributed by atoms with Gasteiger partial charge in [-0.25, -0.2) is 4.39 Å². The van der Waals surface area contributed by atoms with E-state index in [-0.39, 0.29) is 11.7 Å². The van der Waals surface area contributed by atoms with Crippen molar-refractivity contribution in [3.05, 3.63) is 35.1 Å². The van der Waals surface area contributed by atoms with E-state index < -0.39 is 0 Å². The van der Waals surface area contributed by atoms with E-state index >= 15 is 0 Å². The van der Waals surface area contributed by atoms with Crippen LogP contribution in [-0.4, -0.2) is 24.4 Å². The van der Waals surface area contributed by atoms with E-state index in [9.17, 15) is 9.18 Å². The van der Waals surface area contributed by atoms with Gasteiger partial charge in [-0.3, -0.25) is 4.79 Å². The van der Waals surface area contributed by atoms with E-state index in [4.69, 9.17) is 5.73 Å². The molecule has 0 atom stereocenters. The molecule has 1 aromatic carbocycles. The van der Waals surface area contributed by atoms with Crippen LogP contribution >= 0.6 is 0 Å². The Labute approximate surface area is 101 Å². The van der Waals surface area contributed by atoms with Gasteiger partial charge in [0.25, 0.3) is 0 Å². The second kappa shape index (κ2) is 6.35. The number of hydrogen-bond acceptors (Lipinski definition) is 2. The van der Waals surface area contributed by atoms with Crippen molar-refractivity contribution in [2.24, 2.45) is 5.73 Å². The molecule has 4 heteroatoms. The third-order valence-electron chi connectivity index (χ3n) is 2.66. The van der Waals surface area contributed by atoms with Gasteiger partial charge in [-0.2, -0.15) is 0 Å². The van der Waals surface area contributed by atoms with Crippen molar-refractivity contribution in [2.75, 3.05) is 13.6 Å². The van der Waals surface area contributed by atoms with E-state index in [2.05, 4.69) is 0 Å². The first-order chi connectivity index (χ1) is 8.04. The van der Waals surface area contributed by atoms with Gasteiger partial charge in [0.05, 0.1) is 0 Å². The zero-order valence-electron chi connectivity index (χ0n) is 10.4. The minimum Gasteiger partial charge on any atom is -0.341 e. The Balaban J connectivity index is 2.58. The van der Waals surface area contributed by atoms with Crippen LogP contribution in [0, 0.1) is 12.7 Å². The lowest BCUT2D eigenvalue weighted by Gasteiger charge is -2.17. The first-order valence-corrected chi connectivity index (χ1v) is 5.73. The predicted octanol–water partition coefficient (Wildman–Crippen LogP) is 1.83. The molecule has 0 fully saturated rings. The van der Waals surface area contributed by atoms with Crippen molar-refractivity contribution in [2.45, 2.75) is 26.3 Å². The molecule has 3 nitrogen and oxygen atoms in total. The van der Waals surface area contributed by atoms with Gasteiger partial charge < -0.3 is 10.6 Å². The van der Waals surface area contributed by atoms with Crippen molar-refractivity contribution < 1.29 is 9.18 Å². The molecular weight excluding hydrogens is 219 g/mol. The highest BCUT2D eigenvalue weighted by atomic mass is 19.1. The molecule has 0 saturated heterocycles. The molecule has 0 aliphatic carbocycles. The lowest BCUT2D eigenvalue weighted by Crippen LogP contribution is -2.26. The largest absolute Gasteiger partial charge is 0.341 e. The molecule has 0 radical (unpaired) electrons. The molecule has 0 unspecified atom stereocenters. The zero-order valence-corrected chi connectivity index (χ0v) is 10.4. The van der Waals surface area contributed by atoms with Gasteiger partial charge in [0.1, 0.15) is 5.82 Å². The first-order valence-electron chi connectivity index (χ1n) is 5.73. The Morgan fingerprint density at radius 2 is 2.18 bits per heavy atom. The summed E-state index contributed by atoms with van der Waals surface area (Å²) in [6.07, 6.45) is 1.17. The minimum absolute atomic E-state index is 0.0671. The zero-order chi connectivity index (χ0) is 12.8. The summed E-state index contributed by atoms with van der Waals surface area (Å²) in [6.45, 7) is 2.74. The fourth-order valence-corrected chi connectivity index (χ4v) is 1.61. The molecule has 1 amide bonds. The molecule has 0 heterocycles. The number of nitrogens with zero attached hydrogens (tertiary/aromatic N) is 1. The van der Waals surface area contributed by atoms with E-state index in [0.29, 0.717) is 31.5 Å². The summed E-state index contributed by atoms with van der Waals surface area (Å²) >= 11 is 0. The predicted molar refractivity (Wildman–Crippen MR) is 65.9 cm³/mol. The summed E-state index contributed by atoms with van der Waals surface area (Å²) in [5, 5.41) is 0. The smallest absolute Gasteiger partial charge is 0.222 e. The molecule has 2 N–H and O–H groups in total.